The van der Waals surface area contributed by atoms with Gasteiger partial charge in [0.1, 0.15) is 24.6 Å². The van der Waals surface area contributed by atoms with Crippen LogP contribution in [0.15, 0.2) is 55.0 Å². The van der Waals surface area contributed by atoms with Gasteiger partial charge in [0.05, 0.1) is 12.7 Å². The molecule has 0 unspecified atom stereocenters. The van der Waals surface area contributed by atoms with E-state index in [2.05, 4.69) is 16.0 Å². The largest absolute Gasteiger partial charge is 0.489 e. The van der Waals surface area contributed by atoms with Crippen LogP contribution in [0, 0.1) is 11.8 Å². The van der Waals surface area contributed by atoms with Gasteiger partial charge in [0.15, 0.2) is 0 Å². The van der Waals surface area contributed by atoms with Gasteiger partial charge in [0.2, 0.25) is 18.2 Å². The van der Waals surface area contributed by atoms with Crippen molar-refractivity contribution in [3.05, 3.63) is 66.3 Å². The van der Waals surface area contributed by atoms with Crippen LogP contribution in [0.3, 0.4) is 0 Å². The van der Waals surface area contributed by atoms with Crippen molar-refractivity contribution in [1.82, 2.24) is 29.6 Å². The van der Waals surface area contributed by atoms with E-state index in [1.54, 1.807) is 9.80 Å². The summed E-state index contributed by atoms with van der Waals surface area (Å²) in [7, 11) is 0. The van der Waals surface area contributed by atoms with Crippen LogP contribution < -0.4 is 4.74 Å². The average Bonchev–Trinajstić information content (AvgIpc) is 3.00. The third-order valence-electron chi connectivity index (χ3n) is 7.86. The van der Waals surface area contributed by atoms with Crippen molar-refractivity contribution in [3.63, 3.8) is 0 Å². The van der Waals surface area contributed by atoms with Crippen LogP contribution >= 0.6 is 0 Å². The molecule has 2 aromatic rings. The molecule has 0 N–H and O–H groups in total. The monoisotopic (exact) mass is 546 g/mol. The molecule has 2 fully saturated rings. The Kier molecular flexibility index (Phi) is 8.68. The number of fused-ring (bicyclic) bond motifs is 3. The first kappa shape index (κ1) is 27.3. The van der Waals surface area contributed by atoms with Crippen molar-refractivity contribution in [3.8, 4) is 5.75 Å². The maximum Gasteiger partial charge on any atom is 0.274 e. The number of carbonyl (C=O) groups is 4. The zero-order chi connectivity index (χ0) is 27.9. The summed E-state index contributed by atoms with van der Waals surface area (Å²) in [5, 5.41) is 0. The lowest BCUT2D eigenvalue weighted by atomic mass is 9.82. The molecule has 4 heterocycles. The Bertz CT molecular complexity index is 1250. The number of piperazine rings is 1. The van der Waals surface area contributed by atoms with Crippen LogP contribution in [-0.2, 0) is 20.9 Å². The molecule has 3 aliphatic heterocycles. The van der Waals surface area contributed by atoms with Crippen molar-refractivity contribution in [2.24, 2.45) is 11.8 Å². The number of hydrogen-bond donors (Lipinski definition) is 0. The molecule has 0 saturated carbocycles. The zero-order valence-electron chi connectivity index (χ0n) is 22.4. The van der Waals surface area contributed by atoms with Crippen LogP contribution in [0.25, 0.3) is 0 Å². The molecular formula is C29H34N6O5. The first-order valence-corrected chi connectivity index (χ1v) is 13.7. The highest BCUT2D eigenvalue weighted by Gasteiger charge is 2.34. The van der Waals surface area contributed by atoms with Crippen LogP contribution in [-0.4, -0.2) is 106 Å². The third kappa shape index (κ3) is 6.47. The molecular weight excluding hydrogens is 512 g/mol. The molecule has 0 aliphatic carbocycles. The van der Waals surface area contributed by atoms with Gasteiger partial charge in [-0.1, -0.05) is 30.4 Å². The number of rotatable bonds is 4. The van der Waals surface area contributed by atoms with Crippen molar-refractivity contribution < 1.29 is 23.9 Å². The van der Waals surface area contributed by atoms with Gasteiger partial charge in [-0.15, -0.1) is 0 Å². The summed E-state index contributed by atoms with van der Waals surface area (Å²) in [4.78, 5) is 66.1. The minimum absolute atomic E-state index is 0.0262. The van der Waals surface area contributed by atoms with Gasteiger partial charge >= 0.3 is 0 Å². The molecule has 210 valence electrons. The van der Waals surface area contributed by atoms with E-state index in [0.29, 0.717) is 64.5 Å². The Morgan fingerprint density at radius 3 is 2.62 bits per heavy atom. The summed E-state index contributed by atoms with van der Waals surface area (Å²) in [6.45, 7) is 3.57. The predicted molar refractivity (Wildman–Crippen MR) is 145 cm³/mol. The number of piperidine rings is 1. The number of nitrogens with zero attached hydrogens (tertiary/aromatic N) is 6. The SMILES string of the molecule is O=CN1CCN(C(=O)C[C@@H]2CCN3C[C@@H]2/C=C/COc2ccccc2CN(C(=O)c2cnccn2)CC3=O)CC1. The Morgan fingerprint density at radius 2 is 1.85 bits per heavy atom. The Balaban J connectivity index is 1.34. The molecule has 2 saturated heterocycles. The molecule has 0 spiro atoms. The molecule has 1 aromatic heterocycles. The lowest BCUT2D eigenvalue weighted by Gasteiger charge is -2.39. The number of hydrogen-bond acceptors (Lipinski definition) is 7. The van der Waals surface area contributed by atoms with Crippen molar-refractivity contribution in [1.29, 1.82) is 0 Å². The number of benzene rings is 1. The van der Waals surface area contributed by atoms with E-state index >= 15 is 0 Å². The highest BCUT2D eigenvalue weighted by Crippen LogP contribution is 2.30. The molecule has 11 nitrogen and oxygen atoms in total. The maximum absolute atomic E-state index is 13.6. The fraction of sp³-hybridized carbons (Fsp3) is 0.448. The summed E-state index contributed by atoms with van der Waals surface area (Å²) in [5.41, 5.74) is 0.958. The van der Waals surface area contributed by atoms with Crippen molar-refractivity contribution in [2.45, 2.75) is 19.4 Å². The zero-order valence-corrected chi connectivity index (χ0v) is 22.4. The van der Waals surface area contributed by atoms with Gasteiger partial charge in [-0.2, -0.15) is 0 Å². The van der Waals surface area contributed by atoms with E-state index < -0.39 is 0 Å². The first-order chi connectivity index (χ1) is 19.5. The quantitative estimate of drug-likeness (QED) is 0.418. The van der Waals surface area contributed by atoms with Gasteiger partial charge in [-0.05, 0) is 24.3 Å². The smallest absolute Gasteiger partial charge is 0.274 e. The second-order valence-corrected chi connectivity index (χ2v) is 10.4. The van der Waals surface area contributed by atoms with Crippen molar-refractivity contribution >= 4 is 24.1 Å². The fourth-order valence-electron chi connectivity index (χ4n) is 5.54. The molecule has 40 heavy (non-hydrogen) atoms. The van der Waals surface area contributed by atoms with Crippen LogP contribution in [0.5, 0.6) is 5.75 Å². The molecule has 5 rings (SSSR count). The lowest BCUT2D eigenvalue weighted by Crippen LogP contribution is -2.50. The molecule has 4 amide bonds. The second kappa shape index (κ2) is 12.7. The number of aromatic nitrogens is 2. The second-order valence-electron chi connectivity index (χ2n) is 10.4. The van der Waals surface area contributed by atoms with Crippen molar-refractivity contribution in [2.75, 3.05) is 52.4 Å². The Hall–Kier alpha value is -4.28. The van der Waals surface area contributed by atoms with Gasteiger partial charge in [0.25, 0.3) is 5.91 Å². The molecule has 3 aliphatic rings. The van der Waals surface area contributed by atoms with Crippen LogP contribution in [0.4, 0.5) is 0 Å². The first-order valence-electron chi connectivity index (χ1n) is 13.7. The summed E-state index contributed by atoms with van der Waals surface area (Å²) in [5.74, 6) is 0.241. The van der Waals surface area contributed by atoms with Gasteiger partial charge in [-0.3, -0.25) is 24.2 Å². The highest BCUT2D eigenvalue weighted by molar-refractivity contribution is 5.94. The standard InChI is InChI=1S/C29H34N6O5/c36-21-32-11-13-33(14-12-32)27(37)16-22-7-10-34-18-23(22)5-3-15-40-26-6-2-1-4-24(26)19-35(20-28(34)38)29(39)25-17-30-8-9-31-25/h1-6,8-9,17,21-23H,7,10-16,18-20H2/b5-3+/t22-,23-/m0/s1. The summed E-state index contributed by atoms with van der Waals surface area (Å²) >= 11 is 0. The lowest BCUT2D eigenvalue weighted by molar-refractivity contribution is -0.138. The highest BCUT2D eigenvalue weighted by atomic mass is 16.5. The molecule has 0 radical (unpaired) electrons. The van der Waals surface area contributed by atoms with Gasteiger partial charge in [0, 0.05) is 63.6 Å². The Morgan fingerprint density at radius 1 is 1.02 bits per heavy atom. The molecule has 11 heteroatoms. The number of carbonyl (C=O) groups excluding carboxylic acids is 4. The van der Waals surface area contributed by atoms with E-state index in [9.17, 15) is 19.2 Å². The third-order valence-corrected chi connectivity index (χ3v) is 7.86. The summed E-state index contributed by atoms with van der Waals surface area (Å²) in [6.07, 6.45) is 10.3. The van der Waals surface area contributed by atoms with E-state index in [-0.39, 0.29) is 48.3 Å². The normalized spacial score (nSPS) is 22.6. The number of ether oxygens (including phenoxy) is 1. The molecule has 2 bridgehead atoms. The Labute approximate surface area is 233 Å². The topological polar surface area (TPSA) is 116 Å². The van der Waals surface area contributed by atoms with E-state index in [4.69, 9.17) is 4.74 Å². The summed E-state index contributed by atoms with van der Waals surface area (Å²) in [6, 6.07) is 7.48. The molecule has 2 atom stereocenters. The summed E-state index contributed by atoms with van der Waals surface area (Å²) < 4.78 is 6.07. The average molecular weight is 547 g/mol. The molecule has 1 aromatic carbocycles. The van der Waals surface area contributed by atoms with Crippen LogP contribution in [0.2, 0.25) is 0 Å². The number of amides is 4. The van der Waals surface area contributed by atoms with E-state index in [1.165, 1.54) is 23.5 Å². The van der Waals surface area contributed by atoms with E-state index in [0.717, 1.165) is 12.0 Å². The van der Waals surface area contributed by atoms with Crippen LogP contribution in [0.1, 0.15) is 28.9 Å². The minimum Gasteiger partial charge on any atom is -0.489 e. The predicted octanol–water partition coefficient (Wildman–Crippen LogP) is 1.22. The van der Waals surface area contributed by atoms with E-state index in [1.807, 2.05) is 35.2 Å². The fourth-order valence-corrected chi connectivity index (χ4v) is 5.54. The maximum atomic E-state index is 13.6. The number of para-hydroxylation sites is 1. The van der Waals surface area contributed by atoms with Gasteiger partial charge in [-0.25, -0.2) is 4.98 Å². The van der Waals surface area contributed by atoms with Gasteiger partial charge < -0.3 is 24.3 Å². The minimum atomic E-state index is -0.379.